The van der Waals surface area contributed by atoms with Gasteiger partial charge >= 0.3 is 0 Å². The topological polar surface area (TPSA) is 71.2 Å². The van der Waals surface area contributed by atoms with E-state index < -0.39 is 11.4 Å². The average Bonchev–Trinajstić information content (AvgIpc) is 3.03. The summed E-state index contributed by atoms with van der Waals surface area (Å²) in [6, 6.07) is 7.31. The molecule has 1 aromatic carbocycles. The van der Waals surface area contributed by atoms with Crippen molar-refractivity contribution in [1.82, 2.24) is 4.98 Å². The van der Waals surface area contributed by atoms with E-state index in [4.69, 9.17) is 4.74 Å². The van der Waals surface area contributed by atoms with Gasteiger partial charge in [-0.3, -0.25) is 9.59 Å². The first-order chi connectivity index (χ1) is 11.8. The van der Waals surface area contributed by atoms with E-state index >= 15 is 0 Å². The highest BCUT2D eigenvalue weighted by molar-refractivity contribution is 6.32. The van der Waals surface area contributed by atoms with Crippen LogP contribution in [0.25, 0.3) is 11.1 Å². The Hall–Kier alpha value is -3.15. The number of carbonyl (C=O) groups is 1. The fourth-order valence-electron chi connectivity index (χ4n) is 3.19. The predicted octanol–water partition coefficient (Wildman–Crippen LogP) is 3.07. The van der Waals surface area contributed by atoms with Crippen LogP contribution in [0.3, 0.4) is 0 Å². The van der Waals surface area contributed by atoms with Gasteiger partial charge < -0.3 is 15.0 Å². The lowest BCUT2D eigenvalue weighted by Gasteiger charge is -2.23. The number of rotatable bonds is 1. The third kappa shape index (κ3) is 2.46. The first-order valence-electron chi connectivity index (χ1n) is 7.81. The van der Waals surface area contributed by atoms with Crippen molar-refractivity contribution in [3.05, 3.63) is 75.7 Å². The second kappa shape index (κ2) is 5.17. The summed E-state index contributed by atoms with van der Waals surface area (Å²) in [5, 5.41) is 2.66. The van der Waals surface area contributed by atoms with Gasteiger partial charge in [-0.25, -0.2) is 4.39 Å². The molecule has 0 fully saturated rings. The normalized spacial score (nSPS) is 20.8. The van der Waals surface area contributed by atoms with Gasteiger partial charge in [0.25, 0.3) is 5.91 Å². The van der Waals surface area contributed by atoms with Crippen molar-refractivity contribution in [1.29, 1.82) is 0 Å². The molecule has 6 heteroatoms. The van der Waals surface area contributed by atoms with Crippen molar-refractivity contribution in [2.24, 2.45) is 0 Å². The van der Waals surface area contributed by atoms with Crippen LogP contribution in [0.1, 0.15) is 25.0 Å². The third-order valence-electron chi connectivity index (χ3n) is 4.36. The van der Waals surface area contributed by atoms with Crippen molar-refractivity contribution < 1.29 is 13.9 Å². The number of aromatic amines is 1. The molecule has 126 valence electrons. The van der Waals surface area contributed by atoms with Crippen LogP contribution in [0.15, 0.2) is 53.2 Å². The third-order valence-corrected chi connectivity index (χ3v) is 4.36. The molecule has 2 N–H and O–H groups in total. The lowest BCUT2D eigenvalue weighted by Crippen LogP contribution is -2.21. The van der Waals surface area contributed by atoms with Crippen LogP contribution in [0, 0.1) is 5.82 Å². The monoisotopic (exact) mass is 338 g/mol. The second-order valence-electron chi connectivity index (χ2n) is 6.50. The fourth-order valence-corrected chi connectivity index (χ4v) is 3.19. The van der Waals surface area contributed by atoms with E-state index in [0.29, 0.717) is 22.6 Å². The molecule has 25 heavy (non-hydrogen) atoms. The number of pyridine rings is 1. The highest BCUT2D eigenvalue weighted by Gasteiger charge is 2.38. The number of H-pyrrole nitrogens is 1. The van der Waals surface area contributed by atoms with E-state index in [0.717, 1.165) is 11.1 Å². The number of nitrogens with one attached hydrogen (secondary N) is 2. The summed E-state index contributed by atoms with van der Waals surface area (Å²) < 4.78 is 19.4. The van der Waals surface area contributed by atoms with E-state index in [1.807, 2.05) is 13.8 Å². The Balaban J connectivity index is 1.87. The van der Waals surface area contributed by atoms with Gasteiger partial charge in [0.05, 0.1) is 11.3 Å². The molecule has 2 aliphatic rings. The number of hydrogen-bond acceptors (Lipinski definition) is 3. The van der Waals surface area contributed by atoms with Gasteiger partial charge in [0.2, 0.25) is 5.56 Å². The molecule has 0 saturated heterocycles. The summed E-state index contributed by atoms with van der Waals surface area (Å²) in [5.41, 5.74) is 2.20. The number of anilines is 1. The van der Waals surface area contributed by atoms with Crippen molar-refractivity contribution >= 4 is 22.7 Å². The minimum absolute atomic E-state index is 0.189. The van der Waals surface area contributed by atoms with Crippen LogP contribution < -0.4 is 10.9 Å². The Kier molecular flexibility index (Phi) is 3.18. The highest BCUT2D eigenvalue weighted by Crippen LogP contribution is 2.44. The maximum atomic E-state index is 13.4. The van der Waals surface area contributed by atoms with Crippen LogP contribution in [0.4, 0.5) is 10.1 Å². The van der Waals surface area contributed by atoms with Gasteiger partial charge in [-0.2, -0.15) is 0 Å². The van der Waals surface area contributed by atoms with Gasteiger partial charge in [0, 0.05) is 23.4 Å². The van der Waals surface area contributed by atoms with Gasteiger partial charge in [0.1, 0.15) is 17.2 Å². The van der Waals surface area contributed by atoms with Crippen LogP contribution in [-0.4, -0.2) is 16.5 Å². The summed E-state index contributed by atoms with van der Waals surface area (Å²) in [7, 11) is 0. The van der Waals surface area contributed by atoms with Gasteiger partial charge in [-0.1, -0.05) is 0 Å². The molecule has 0 aliphatic carbocycles. The molecule has 2 aliphatic heterocycles. The number of halogens is 1. The lowest BCUT2D eigenvalue weighted by molar-refractivity contribution is -0.111. The molecular weight excluding hydrogens is 323 g/mol. The Morgan fingerprint density at radius 1 is 1.12 bits per heavy atom. The number of aromatic nitrogens is 1. The largest absolute Gasteiger partial charge is 0.482 e. The molecule has 1 aromatic heterocycles. The van der Waals surface area contributed by atoms with E-state index in [9.17, 15) is 14.0 Å². The minimum atomic E-state index is -0.677. The van der Waals surface area contributed by atoms with Crippen molar-refractivity contribution in [3.8, 4) is 0 Å². The number of allylic oxidation sites excluding steroid dienone is 1. The number of ether oxygens (including phenoxy) is 1. The standard InChI is InChI=1S/C19H15FN2O3/c1-19(2)13(10-3-6-16(23)21-9-10)8-15(25-19)17-12-5-4-11(20)7-14(12)22-18(17)24/h3-9H,1-2H3,(H,21,23)(H,22,24). The Bertz CT molecular complexity index is 1010. The number of hydrogen-bond donors (Lipinski definition) is 2. The number of fused-ring (bicyclic) bond motifs is 1. The SMILES string of the molecule is CC1(C)OC(=C2C(=O)Nc3cc(F)ccc32)C=C1c1ccc(=O)[nH]c1. The number of benzene rings is 1. The van der Waals surface area contributed by atoms with Crippen molar-refractivity contribution in [3.63, 3.8) is 0 Å². The first-order valence-corrected chi connectivity index (χ1v) is 7.81. The molecular formula is C19H15FN2O3. The summed E-state index contributed by atoms with van der Waals surface area (Å²) in [6.07, 6.45) is 3.41. The van der Waals surface area contributed by atoms with Crippen LogP contribution in [0.5, 0.6) is 0 Å². The molecule has 0 atom stereocenters. The summed E-state index contributed by atoms with van der Waals surface area (Å²) in [4.78, 5) is 26.3. The Labute approximate surface area is 142 Å². The zero-order valence-corrected chi connectivity index (χ0v) is 13.6. The second-order valence-corrected chi connectivity index (χ2v) is 6.50. The van der Waals surface area contributed by atoms with Crippen molar-refractivity contribution in [2.75, 3.05) is 5.32 Å². The van der Waals surface area contributed by atoms with Crippen LogP contribution in [-0.2, 0) is 9.53 Å². The van der Waals surface area contributed by atoms with Gasteiger partial charge in [0.15, 0.2) is 0 Å². The molecule has 4 rings (SSSR count). The van der Waals surface area contributed by atoms with Gasteiger partial charge in [-0.15, -0.1) is 0 Å². The van der Waals surface area contributed by atoms with E-state index in [1.165, 1.54) is 18.2 Å². The maximum Gasteiger partial charge on any atom is 0.260 e. The van der Waals surface area contributed by atoms with E-state index in [2.05, 4.69) is 10.3 Å². The van der Waals surface area contributed by atoms with Crippen LogP contribution >= 0.6 is 0 Å². The summed E-state index contributed by atoms with van der Waals surface area (Å²) in [5.74, 6) is -0.318. The fraction of sp³-hybridized carbons (Fsp3) is 0.158. The zero-order valence-electron chi connectivity index (χ0n) is 13.6. The predicted molar refractivity (Wildman–Crippen MR) is 92.2 cm³/mol. The average molecular weight is 338 g/mol. The molecule has 0 spiro atoms. The number of carbonyl (C=O) groups excluding carboxylic acids is 1. The first kappa shape index (κ1) is 15.4. The quantitative estimate of drug-likeness (QED) is 0.785. The van der Waals surface area contributed by atoms with E-state index in [-0.39, 0.29) is 11.5 Å². The molecule has 0 unspecified atom stereocenters. The highest BCUT2D eigenvalue weighted by atomic mass is 19.1. The smallest absolute Gasteiger partial charge is 0.260 e. The molecule has 1 amide bonds. The molecule has 3 heterocycles. The summed E-state index contributed by atoms with van der Waals surface area (Å²) >= 11 is 0. The maximum absolute atomic E-state index is 13.4. The molecule has 2 aromatic rings. The van der Waals surface area contributed by atoms with Gasteiger partial charge in [-0.05, 0) is 49.8 Å². The Morgan fingerprint density at radius 3 is 2.64 bits per heavy atom. The van der Waals surface area contributed by atoms with E-state index in [1.54, 1.807) is 24.4 Å². The molecule has 0 radical (unpaired) electrons. The Morgan fingerprint density at radius 2 is 1.92 bits per heavy atom. The number of amides is 1. The molecule has 5 nitrogen and oxygen atoms in total. The van der Waals surface area contributed by atoms with Crippen molar-refractivity contribution in [2.45, 2.75) is 19.4 Å². The molecule has 0 bridgehead atoms. The minimum Gasteiger partial charge on any atom is -0.482 e. The lowest BCUT2D eigenvalue weighted by atomic mass is 9.93. The zero-order chi connectivity index (χ0) is 17.8. The van der Waals surface area contributed by atoms with Crippen LogP contribution in [0.2, 0.25) is 0 Å². The molecule has 0 saturated carbocycles. The summed E-state index contributed by atoms with van der Waals surface area (Å²) in [6.45, 7) is 3.77.